The zero-order chi connectivity index (χ0) is 19.6. The zero-order valence-electron chi connectivity index (χ0n) is 17.7. The molecule has 1 aromatic carbocycles. The molecule has 1 saturated heterocycles. The summed E-state index contributed by atoms with van der Waals surface area (Å²) in [5.41, 5.74) is 0.932. The molecule has 1 fully saturated rings. The number of hydrogen-bond acceptors (Lipinski definition) is 5. The Balaban J connectivity index is 0.00000392. The number of likely N-dealkylation sites (tertiary alicyclic amines) is 1. The van der Waals surface area contributed by atoms with Crippen molar-refractivity contribution < 1.29 is 14.2 Å². The maximum Gasteiger partial charge on any atom is 0.191 e. The summed E-state index contributed by atoms with van der Waals surface area (Å²) < 4.78 is 16.3. The van der Waals surface area contributed by atoms with Crippen molar-refractivity contribution in [2.45, 2.75) is 38.8 Å². The Labute approximate surface area is 186 Å². The molecule has 0 amide bonds. The number of halogens is 1. The topological polar surface area (TPSA) is 67.4 Å². The van der Waals surface area contributed by atoms with Crippen molar-refractivity contribution in [1.29, 1.82) is 0 Å². The first-order valence-corrected chi connectivity index (χ1v) is 9.63. The van der Waals surface area contributed by atoms with Gasteiger partial charge in [-0.25, -0.2) is 0 Å². The van der Waals surface area contributed by atoms with E-state index in [1.807, 2.05) is 12.1 Å². The molecule has 0 spiro atoms. The molecular weight excluding hydrogens is 471 g/mol. The smallest absolute Gasteiger partial charge is 0.191 e. The summed E-state index contributed by atoms with van der Waals surface area (Å²) in [6.45, 7) is 6.25. The highest BCUT2D eigenvalue weighted by molar-refractivity contribution is 14.0. The third kappa shape index (κ3) is 6.88. The van der Waals surface area contributed by atoms with E-state index in [1.165, 1.54) is 13.0 Å². The zero-order valence-corrected chi connectivity index (χ0v) is 20.0. The first-order valence-electron chi connectivity index (χ1n) is 9.63. The number of aliphatic imine (C=N–C) groups is 1. The Kier molecular flexibility index (Phi) is 11.4. The number of benzene rings is 1. The monoisotopic (exact) mass is 506 g/mol. The number of nitrogens with zero attached hydrogens (tertiary/aromatic N) is 2. The number of guanidine groups is 1. The molecule has 1 aliphatic heterocycles. The van der Waals surface area contributed by atoms with Crippen LogP contribution in [0.4, 0.5) is 0 Å². The van der Waals surface area contributed by atoms with Crippen LogP contribution in [0.1, 0.15) is 31.7 Å². The van der Waals surface area contributed by atoms with Crippen LogP contribution < -0.4 is 24.8 Å². The minimum absolute atomic E-state index is 0. The first kappa shape index (κ1) is 24.6. The molecule has 0 unspecified atom stereocenters. The number of piperidine rings is 1. The summed E-state index contributed by atoms with van der Waals surface area (Å²) >= 11 is 0. The Morgan fingerprint density at radius 2 is 1.71 bits per heavy atom. The quantitative estimate of drug-likeness (QED) is 0.321. The molecule has 28 heavy (non-hydrogen) atoms. The minimum Gasteiger partial charge on any atom is -0.496 e. The van der Waals surface area contributed by atoms with Gasteiger partial charge in [-0.15, -0.1) is 24.0 Å². The van der Waals surface area contributed by atoms with Gasteiger partial charge in [0.05, 0.1) is 33.4 Å². The second-order valence-corrected chi connectivity index (χ2v) is 6.70. The summed E-state index contributed by atoms with van der Waals surface area (Å²) in [6.07, 6.45) is 3.48. The molecule has 0 atom stereocenters. The third-order valence-electron chi connectivity index (χ3n) is 4.94. The lowest BCUT2D eigenvalue weighted by Gasteiger charge is -2.32. The summed E-state index contributed by atoms with van der Waals surface area (Å²) in [5.74, 6) is 2.95. The van der Waals surface area contributed by atoms with Crippen molar-refractivity contribution in [1.82, 2.24) is 15.5 Å². The molecule has 160 valence electrons. The van der Waals surface area contributed by atoms with E-state index in [0.29, 0.717) is 18.3 Å². The Morgan fingerprint density at radius 3 is 2.18 bits per heavy atom. The summed E-state index contributed by atoms with van der Waals surface area (Å²) in [6, 6.07) is 4.17. The second-order valence-electron chi connectivity index (χ2n) is 6.70. The predicted octanol–water partition coefficient (Wildman–Crippen LogP) is 2.87. The number of rotatable bonds is 8. The minimum atomic E-state index is 0. The largest absolute Gasteiger partial charge is 0.496 e. The van der Waals surface area contributed by atoms with E-state index in [1.54, 1.807) is 28.4 Å². The fourth-order valence-corrected chi connectivity index (χ4v) is 3.43. The molecule has 0 saturated carbocycles. The van der Waals surface area contributed by atoms with Gasteiger partial charge in [0.15, 0.2) is 5.96 Å². The Bertz CT molecular complexity index is 594. The van der Waals surface area contributed by atoms with Crippen LogP contribution >= 0.6 is 24.0 Å². The van der Waals surface area contributed by atoms with Gasteiger partial charge in [0.25, 0.3) is 0 Å². The first-order chi connectivity index (χ1) is 13.1. The Hall–Kier alpha value is -1.42. The highest BCUT2D eigenvalue weighted by atomic mass is 127. The van der Waals surface area contributed by atoms with E-state index < -0.39 is 0 Å². The maximum atomic E-state index is 5.52. The van der Waals surface area contributed by atoms with E-state index in [4.69, 9.17) is 14.2 Å². The number of methoxy groups -OCH3 is 3. The van der Waals surface area contributed by atoms with E-state index in [0.717, 1.165) is 49.0 Å². The van der Waals surface area contributed by atoms with Gasteiger partial charge in [0.1, 0.15) is 17.2 Å². The van der Waals surface area contributed by atoms with Gasteiger partial charge >= 0.3 is 0 Å². The predicted molar refractivity (Wildman–Crippen MR) is 125 cm³/mol. The number of hydrogen-bond donors (Lipinski definition) is 2. The van der Waals surface area contributed by atoms with Crippen LogP contribution in [0.15, 0.2) is 17.1 Å². The van der Waals surface area contributed by atoms with E-state index in [2.05, 4.69) is 27.4 Å². The van der Waals surface area contributed by atoms with Gasteiger partial charge in [0, 0.05) is 38.3 Å². The Morgan fingerprint density at radius 1 is 1.11 bits per heavy atom. The van der Waals surface area contributed by atoms with Crippen LogP contribution in [-0.2, 0) is 6.54 Å². The van der Waals surface area contributed by atoms with Gasteiger partial charge in [-0.1, -0.05) is 6.92 Å². The fourth-order valence-electron chi connectivity index (χ4n) is 3.43. The molecule has 0 aliphatic carbocycles. The van der Waals surface area contributed by atoms with E-state index in [-0.39, 0.29) is 24.0 Å². The fraction of sp³-hybridized carbons (Fsp3) is 0.650. The van der Waals surface area contributed by atoms with Gasteiger partial charge in [-0.3, -0.25) is 4.99 Å². The lowest BCUT2D eigenvalue weighted by Crippen LogP contribution is -2.48. The average molecular weight is 506 g/mol. The summed E-state index contributed by atoms with van der Waals surface area (Å²) in [7, 11) is 6.72. The van der Waals surface area contributed by atoms with Crippen LogP contribution in [-0.4, -0.2) is 64.9 Å². The molecule has 0 aromatic heterocycles. The highest BCUT2D eigenvalue weighted by Gasteiger charge is 2.20. The molecule has 0 radical (unpaired) electrons. The van der Waals surface area contributed by atoms with Crippen LogP contribution in [0.5, 0.6) is 17.2 Å². The second kappa shape index (κ2) is 12.9. The van der Waals surface area contributed by atoms with Crippen LogP contribution in [0.2, 0.25) is 0 Å². The maximum absolute atomic E-state index is 5.52. The van der Waals surface area contributed by atoms with E-state index in [9.17, 15) is 0 Å². The molecule has 7 nitrogen and oxygen atoms in total. The molecule has 2 N–H and O–H groups in total. The molecule has 0 bridgehead atoms. The lowest BCUT2D eigenvalue weighted by atomic mass is 10.1. The van der Waals surface area contributed by atoms with Crippen molar-refractivity contribution in [3.63, 3.8) is 0 Å². The van der Waals surface area contributed by atoms with Crippen molar-refractivity contribution in [3.8, 4) is 17.2 Å². The van der Waals surface area contributed by atoms with Crippen LogP contribution in [0.3, 0.4) is 0 Å². The standard InChI is InChI=1S/C20H34N4O3.HI/c1-6-9-24-10-7-15(8-11-24)23-20(21-2)22-14-17-18(26-4)12-16(25-3)13-19(17)27-5;/h12-13,15H,6-11,14H2,1-5H3,(H2,21,22,23);1H. The van der Waals surface area contributed by atoms with Crippen molar-refractivity contribution in [2.24, 2.45) is 4.99 Å². The third-order valence-corrected chi connectivity index (χ3v) is 4.94. The normalized spacial score (nSPS) is 15.5. The van der Waals surface area contributed by atoms with Crippen LogP contribution in [0.25, 0.3) is 0 Å². The van der Waals surface area contributed by atoms with Crippen LogP contribution in [0, 0.1) is 0 Å². The molecule has 2 rings (SSSR count). The lowest BCUT2D eigenvalue weighted by molar-refractivity contribution is 0.206. The molecule has 1 aromatic rings. The van der Waals surface area contributed by atoms with E-state index >= 15 is 0 Å². The summed E-state index contributed by atoms with van der Waals surface area (Å²) in [4.78, 5) is 6.90. The molecule has 1 aliphatic rings. The molecule has 8 heteroatoms. The number of nitrogens with one attached hydrogen (secondary N) is 2. The summed E-state index contributed by atoms with van der Waals surface area (Å²) in [5, 5.41) is 6.92. The van der Waals surface area contributed by atoms with Crippen molar-refractivity contribution in [3.05, 3.63) is 17.7 Å². The molecule has 1 heterocycles. The van der Waals surface area contributed by atoms with Gasteiger partial charge in [0.2, 0.25) is 0 Å². The van der Waals surface area contributed by atoms with Gasteiger partial charge < -0.3 is 29.7 Å². The highest BCUT2D eigenvalue weighted by Crippen LogP contribution is 2.33. The van der Waals surface area contributed by atoms with Gasteiger partial charge in [-0.2, -0.15) is 0 Å². The van der Waals surface area contributed by atoms with Gasteiger partial charge in [-0.05, 0) is 25.8 Å². The molecular formula is C20H35IN4O3. The average Bonchev–Trinajstić information content (AvgIpc) is 2.71. The SMILES string of the molecule is CCCN1CCC(NC(=NC)NCc2c(OC)cc(OC)cc2OC)CC1.I. The van der Waals surface area contributed by atoms with Crippen molar-refractivity contribution >= 4 is 29.9 Å². The number of ether oxygens (including phenoxy) is 3. The van der Waals surface area contributed by atoms with Crippen molar-refractivity contribution in [2.75, 3.05) is 48.0 Å².